The fraction of sp³-hybridized carbons (Fsp3) is 0.0800. The minimum absolute atomic E-state index is 0.222. The first-order valence-electron chi connectivity index (χ1n) is 18.5. The Morgan fingerprint density at radius 2 is 1.09 bits per heavy atom. The minimum atomic E-state index is 0.222. The predicted molar refractivity (Wildman–Crippen MR) is 222 cm³/mol. The molecule has 0 saturated carbocycles. The predicted octanol–water partition coefficient (Wildman–Crippen LogP) is 10.8. The molecule has 53 heavy (non-hydrogen) atoms. The summed E-state index contributed by atoms with van der Waals surface area (Å²) in [6.07, 6.45) is 21.6. The van der Waals surface area contributed by atoms with Gasteiger partial charge in [-0.05, 0) is 108 Å². The van der Waals surface area contributed by atoms with E-state index in [9.17, 15) is 0 Å². The van der Waals surface area contributed by atoms with E-state index >= 15 is 0 Å². The number of rotatable bonds is 4. The second-order valence-corrected chi connectivity index (χ2v) is 15.4. The molecule has 0 saturated heterocycles. The van der Waals surface area contributed by atoms with Gasteiger partial charge in [0.15, 0.2) is 0 Å². The molecule has 250 valence electrons. The summed E-state index contributed by atoms with van der Waals surface area (Å²) in [5.41, 5.74) is 11.8. The molecule has 3 heterocycles. The van der Waals surface area contributed by atoms with Crippen molar-refractivity contribution in [3.63, 3.8) is 0 Å². The van der Waals surface area contributed by atoms with E-state index in [-0.39, 0.29) is 11.8 Å². The summed E-state index contributed by atoms with van der Waals surface area (Å²) >= 11 is 1.98. The van der Waals surface area contributed by atoms with Crippen LogP contribution in [0.4, 0.5) is 0 Å². The van der Waals surface area contributed by atoms with Crippen LogP contribution in [0.15, 0.2) is 170 Å². The van der Waals surface area contributed by atoms with E-state index < -0.39 is 0 Å². The minimum Gasteiger partial charge on any atom is -0.264 e. The molecule has 0 bridgehead atoms. The molecule has 3 heteroatoms. The van der Waals surface area contributed by atoms with Crippen molar-refractivity contribution in [1.29, 1.82) is 0 Å². The van der Waals surface area contributed by atoms with Crippen LogP contribution in [-0.2, 0) is 6.42 Å². The van der Waals surface area contributed by atoms with Crippen LogP contribution in [0.2, 0.25) is 0 Å². The Bertz CT molecular complexity index is 2940. The van der Waals surface area contributed by atoms with Crippen molar-refractivity contribution in [1.82, 2.24) is 9.97 Å². The zero-order chi connectivity index (χ0) is 34.9. The second kappa shape index (κ2) is 12.2. The third-order valence-corrected chi connectivity index (χ3v) is 12.7. The van der Waals surface area contributed by atoms with Crippen LogP contribution in [-0.4, -0.2) is 9.97 Å². The number of benzene rings is 5. The van der Waals surface area contributed by atoms with Crippen molar-refractivity contribution in [2.24, 2.45) is 11.8 Å². The van der Waals surface area contributed by atoms with E-state index in [1.807, 2.05) is 42.2 Å². The Labute approximate surface area is 312 Å². The highest BCUT2D eigenvalue weighted by atomic mass is 32.1. The molecule has 5 aromatic carbocycles. The Balaban J connectivity index is 1.18. The van der Waals surface area contributed by atoms with Gasteiger partial charge in [-0.3, -0.25) is 9.97 Å². The standard InChI is InChI=1S/C50H34N2S/c1-3-16-36-34(14-1)46(35-15-2-4-17-37(35)47(36)32-12-10-26-51-29-32)31-24-25-44-43(28-31)50-42(22-9-23-45(50)53-44)49-40-20-7-5-18-38(40)48(33-13-11-27-52-30-33)39-19-6-8-21-41(39)49/h1-8,10-22,24-30,34,36H,9,23H2. The zero-order valence-corrected chi connectivity index (χ0v) is 29.9. The van der Waals surface area contributed by atoms with E-state index in [2.05, 4.69) is 150 Å². The first kappa shape index (κ1) is 30.5. The van der Waals surface area contributed by atoms with Gasteiger partial charge < -0.3 is 0 Å². The summed E-state index contributed by atoms with van der Waals surface area (Å²) in [6, 6.07) is 42.7. The van der Waals surface area contributed by atoms with Crippen LogP contribution >= 0.6 is 11.3 Å². The third-order valence-electron chi connectivity index (χ3n) is 11.5. The first-order chi connectivity index (χ1) is 26.3. The van der Waals surface area contributed by atoms with Gasteiger partial charge in [-0.1, -0.05) is 121 Å². The van der Waals surface area contributed by atoms with Crippen molar-refractivity contribution in [3.05, 3.63) is 208 Å². The monoisotopic (exact) mass is 694 g/mol. The summed E-state index contributed by atoms with van der Waals surface area (Å²) in [6.45, 7) is 0. The lowest BCUT2D eigenvalue weighted by molar-refractivity contribution is 0.686. The molecule has 0 spiro atoms. The van der Waals surface area contributed by atoms with Gasteiger partial charge in [-0.2, -0.15) is 0 Å². The van der Waals surface area contributed by atoms with Gasteiger partial charge in [-0.15, -0.1) is 11.3 Å². The van der Waals surface area contributed by atoms with Gasteiger partial charge in [0.1, 0.15) is 0 Å². The van der Waals surface area contributed by atoms with E-state index in [0.717, 1.165) is 18.4 Å². The van der Waals surface area contributed by atoms with E-state index in [0.29, 0.717) is 0 Å². The molecule has 3 aliphatic carbocycles. The maximum atomic E-state index is 4.53. The summed E-state index contributed by atoms with van der Waals surface area (Å²) in [7, 11) is 0. The summed E-state index contributed by atoms with van der Waals surface area (Å²) in [5.74, 6) is 0.452. The number of thiophene rings is 1. The van der Waals surface area contributed by atoms with Crippen molar-refractivity contribution in [2.75, 3.05) is 0 Å². The average molecular weight is 695 g/mol. The highest BCUT2D eigenvalue weighted by molar-refractivity contribution is 7.19. The number of aryl methyl sites for hydroxylation is 1. The average Bonchev–Trinajstić information content (AvgIpc) is 3.61. The maximum absolute atomic E-state index is 4.53. The van der Waals surface area contributed by atoms with Crippen LogP contribution in [0.1, 0.15) is 33.6 Å². The number of aromatic nitrogens is 2. The molecular formula is C50H34N2S. The van der Waals surface area contributed by atoms with Gasteiger partial charge in [0.2, 0.25) is 0 Å². The topological polar surface area (TPSA) is 25.8 Å². The number of pyridine rings is 2. The van der Waals surface area contributed by atoms with E-state index in [1.54, 1.807) is 0 Å². The van der Waals surface area contributed by atoms with Gasteiger partial charge in [-0.25, -0.2) is 0 Å². The Kier molecular flexibility index (Phi) is 7.03. The number of fused-ring (bicyclic) bond motifs is 7. The van der Waals surface area contributed by atoms with Gasteiger partial charge in [0, 0.05) is 62.7 Å². The maximum Gasteiger partial charge on any atom is 0.0352 e. The number of hydrogen-bond acceptors (Lipinski definition) is 3. The van der Waals surface area contributed by atoms with E-state index in [1.165, 1.54) is 91.5 Å². The summed E-state index contributed by atoms with van der Waals surface area (Å²) in [4.78, 5) is 10.5. The van der Waals surface area contributed by atoms with Gasteiger partial charge >= 0.3 is 0 Å². The zero-order valence-electron chi connectivity index (χ0n) is 29.0. The molecule has 0 N–H and O–H groups in total. The van der Waals surface area contributed by atoms with Crippen LogP contribution in [0.3, 0.4) is 0 Å². The highest BCUT2D eigenvalue weighted by Crippen LogP contribution is 2.49. The fourth-order valence-corrected chi connectivity index (χ4v) is 10.6. The molecule has 0 aliphatic heterocycles. The molecule has 11 rings (SSSR count). The molecule has 3 aromatic heterocycles. The van der Waals surface area contributed by atoms with Crippen LogP contribution < -0.4 is 10.4 Å². The number of hydrogen-bond donors (Lipinski definition) is 0. The fourth-order valence-electron chi connectivity index (χ4n) is 9.39. The molecule has 8 aromatic rings. The molecule has 0 radical (unpaired) electrons. The van der Waals surface area contributed by atoms with Crippen LogP contribution in [0.25, 0.3) is 59.5 Å². The SMILES string of the molecule is C1=CC2C(c3cccnc3)=c3ccccc3=C(c3ccc4sc5c(c4c3)C(c3c4ccccc4c(-c4cccnc4)c4ccccc34)=CCC5)C2C=C1. The van der Waals surface area contributed by atoms with Crippen LogP contribution in [0.5, 0.6) is 0 Å². The highest BCUT2D eigenvalue weighted by Gasteiger charge is 2.32. The quantitative estimate of drug-likeness (QED) is 0.171. The van der Waals surface area contributed by atoms with E-state index in [4.69, 9.17) is 0 Å². The number of allylic oxidation sites excluding steroid dienone is 5. The molecule has 0 fully saturated rings. The summed E-state index contributed by atoms with van der Waals surface area (Å²) < 4.78 is 1.36. The lowest BCUT2D eigenvalue weighted by Crippen LogP contribution is -2.40. The van der Waals surface area contributed by atoms with Crippen molar-refractivity contribution < 1.29 is 0 Å². The molecule has 0 amide bonds. The lowest BCUT2D eigenvalue weighted by Gasteiger charge is -2.33. The molecule has 2 unspecified atom stereocenters. The van der Waals surface area contributed by atoms with Crippen molar-refractivity contribution >= 4 is 59.7 Å². The Hall–Kier alpha value is -6.16. The normalized spacial score (nSPS) is 17.5. The summed E-state index contributed by atoms with van der Waals surface area (Å²) in [5, 5.41) is 9.08. The smallest absolute Gasteiger partial charge is 0.0352 e. The molecular weight excluding hydrogens is 661 g/mol. The first-order valence-corrected chi connectivity index (χ1v) is 19.3. The third kappa shape index (κ3) is 4.70. The largest absolute Gasteiger partial charge is 0.264 e. The van der Waals surface area contributed by atoms with Gasteiger partial charge in [0.05, 0.1) is 0 Å². The lowest BCUT2D eigenvalue weighted by atomic mass is 9.70. The molecule has 2 atom stereocenters. The van der Waals surface area contributed by atoms with Crippen molar-refractivity contribution in [2.45, 2.75) is 12.8 Å². The van der Waals surface area contributed by atoms with Crippen LogP contribution in [0, 0.1) is 11.8 Å². The second-order valence-electron chi connectivity index (χ2n) is 14.3. The number of nitrogens with zero attached hydrogens (tertiary/aromatic N) is 2. The Morgan fingerprint density at radius 3 is 1.72 bits per heavy atom. The van der Waals surface area contributed by atoms with Gasteiger partial charge in [0.25, 0.3) is 0 Å². The molecule has 3 aliphatic rings. The van der Waals surface area contributed by atoms with Crippen molar-refractivity contribution in [3.8, 4) is 11.1 Å². The Morgan fingerprint density at radius 1 is 0.509 bits per heavy atom. The molecule has 2 nitrogen and oxygen atoms in total.